The van der Waals surface area contributed by atoms with E-state index >= 15 is 0 Å². The molecule has 2 aromatic carbocycles. The highest BCUT2D eigenvalue weighted by Crippen LogP contribution is 2.42. The van der Waals surface area contributed by atoms with Crippen LogP contribution in [0, 0.1) is 5.92 Å². The van der Waals surface area contributed by atoms with E-state index < -0.39 is 0 Å². The third-order valence-corrected chi connectivity index (χ3v) is 6.98. The van der Waals surface area contributed by atoms with Gasteiger partial charge in [-0.2, -0.15) is 0 Å². The smallest absolute Gasteiger partial charge is 0.259 e. The minimum atomic E-state index is -0.185. The topological polar surface area (TPSA) is 69.2 Å². The highest BCUT2D eigenvalue weighted by molar-refractivity contribution is 7.16. The van der Waals surface area contributed by atoms with Crippen molar-refractivity contribution in [1.29, 1.82) is 0 Å². The molecule has 0 saturated carbocycles. The van der Waals surface area contributed by atoms with Crippen LogP contribution >= 0.6 is 11.3 Å². The molecule has 3 aromatic rings. The van der Waals surface area contributed by atoms with Crippen LogP contribution in [0.15, 0.2) is 47.5 Å². The average molecular weight is 465 g/mol. The first kappa shape index (κ1) is 22.9. The predicted octanol–water partition coefficient (Wildman–Crippen LogP) is 5.90. The molecule has 6 nitrogen and oxygen atoms in total. The van der Waals surface area contributed by atoms with E-state index in [1.54, 1.807) is 57.1 Å². The number of nitrogens with one attached hydrogen (secondary N) is 1. The van der Waals surface area contributed by atoms with Crippen molar-refractivity contribution < 1.29 is 19.0 Å². The highest BCUT2D eigenvalue weighted by Gasteiger charge is 2.28. The summed E-state index contributed by atoms with van der Waals surface area (Å²) in [5, 5.41) is 3.75. The molecular weight excluding hydrogens is 436 g/mol. The Morgan fingerprint density at radius 2 is 1.79 bits per heavy atom. The van der Waals surface area contributed by atoms with E-state index in [1.165, 1.54) is 4.88 Å². The molecule has 1 aromatic heterocycles. The standard InChI is InChI=1S/C26H28N2O4S/c1-16-5-11-20-23(13-16)33-26(27-15-17-6-8-18(30-2)9-7-17)24(20)25(29)28-21-14-19(31-3)10-12-22(21)32-4/h6-10,12,14-16H,5,11,13H2,1-4H3,(H,28,29)/b27-15+. The van der Waals surface area contributed by atoms with E-state index in [9.17, 15) is 4.79 Å². The monoisotopic (exact) mass is 464 g/mol. The van der Waals surface area contributed by atoms with E-state index in [-0.39, 0.29) is 5.91 Å². The maximum Gasteiger partial charge on any atom is 0.259 e. The van der Waals surface area contributed by atoms with E-state index in [0.29, 0.717) is 28.7 Å². The minimum absolute atomic E-state index is 0.185. The molecule has 1 aliphatic rings. The summed E-state index contributed by atoms with van der Waals surface area (Å²) in [4.78, 5) is 19.5. The predicted molar refractivity (Wildman–Crippen MR) is 133 cm³/mol. The normalized spacial score (nSPS) is 15.2. The molecule has 1 amide bonds. The van der Waals surface area contributed by atoms with Crippen LogP contribution < -0.4 is 19.5 Å². The van der Waals surface area contributed by atoms with Gasteiger partial charge in [-0.05, 0) is 72.7 Å². The Morgan fingerprint density at radius 1 is 1.06 bits per heavy atom. The quantitative estimate of drug-likeness (QED) is 0.442. The Hall–Kier alpha value is -3.32. The van der Waals surface area contributed by atoms with Crippen molar-refractivity contribution in [1.82, 2.24) is 0 Å². The lowest BCUT2D eigenvalue weighted by Gasteiger charge is -2.19. The molecule has 0 saturated heterocycles. The maximum absolute atomic E-state index is 13.5. The number of benzene rings is 2. The van der Waals surface area contributed by atoms with Crippen molar-refractivity contribution in [2.45, 2.75) is 26.2 Å². The lowest BCUT2D eigenvalue weighted by molar-refractivity contribution is 0.102. The number of hydrogen-bond donors (Lipinski definition) is 1. The molecule has 0 fully saturated rings. The number of methoxy groups -OCH3 is 3. The van der Waals surface area contributed by atoms with Crippen molar-refractivity contribution in [3.63, 3.8) is 0 Å². The first-order valence-electron chi connectivity index (χ1n) is 10.9. The molecule has 1 N–H and O–H groups in total. The number of nitrogens with zero attached hydrogens (tertiary/aromatic N) is 1. The van der Waals surface area contributed by atoms with Gasteiger partial charge < -0.3 is 19.5 Å². The first-order valence-corrected chi connectivity index (χ1v) is 11.7. The largest absolute Gasteiger partial charge is 0.497 e. The van der Waals surface area contributed by atoms with Gasteiger partial charge in [0.05, 0.1) is 32.6 Å². The molecule has 1 aliphatic carbocycles. The Labute approximate surface area is 198 Å². The molecule has 7 heteroatoms. The van der Waals surface area contributed by atoms with E-state index in [4.69, 9.17) is 19.2 Å². The number of carbonyl (C=O) groups excluding carboxylic acids is 1. The summed E-state index contributed by atoms with van der Waals surface area (Å²) < 4.78 is 16.0. The maximum atomic E-state index is 13.5. The van der Waals surface area contributed by atoms with Crippen molar-refractivity contribution in [2.24, 2.45) is 10.9 Å². The number of ether oxygens (including phenoxy) is 3. The molecule has 1 unspecified atom stereocenters. The summed E-state index contributed by atoms with van der Waals surface area (Å²) in [6, 6.07) is 13.0. The minimum Gasteiger partial charge on any atom is -0.497 e. The zero-order valence-electron chi connectivity index (χ0n) is 19.3. The Morgan fingerprint density at radius 3 is 2.48 bits per heavy atom. The van der Waals surface area contributed by atoms with Gasteiger partial charge in [0.1, 0.15) is 22.2 Å². The van der Waals surface area contributed by atoms with Crippen molar-refractivity contribution in [2.75, 3.05) is 26.6 Å². The number of fused-ring (bicyclic) bond motifs is 1. The summed E-state index contributed by atoms with van der Waals surface area (Å²) in [6.07, 6.45) is 4.71. The molecular formula is C26H28N2O4S. The second kappa shape index (κ2) is 10.1. The first-order chi connectivity index (χ1) is 16.0. The molecule has 172 valence electrons. The van der Waals surface area contributed by atoms with Crippen LogP contribution in [-0.2, 0) is 12.8 Å². The van der Waals surface area contributed by atoms with Gasteiger partial charge in [0.15, 0.2) is 0 Å². The third-order valence-electron chi connectivity index (χ3n) is 5.82. The lowest BCUT2D eigenvalue weighted by Crippen LogP contribution is -2.17. The highest BCUT2D eigenvalue weighted by atomic mass is 32.1. The van der Waals surface area contributed by atoms with Gasteiger partial charge in [0, 0.05) is 17.2 Å². The van der Waals surface area contributed by atoms with Crippen LogP contribution in [0.5, 0.6) is 17.2 Å². The summed E-state index contributed by atoms with van der Waals surface area (Å²) in [6.45, 7) is 2.25. The van der Waals surface area contributed by atoms with Crippen LogP contribution in [0.25, 0.3) is 0 Å². The molecule has 33 heavy (non-hydrogen) atoms. The van der Waals surface area contributed by atoms with Gasteiger partial charge >= 0.3 is 0 Å². The van der Waals surface area contributed by atoms with E-state index in [1.807, 2.05) is 24.3 Å². The van der Waals surface area contributed by atoms with Gasteiger partial charge in [0.2, 0.25) is 0 Å². The lowest BCUT2D eigenvalue weighted by atomic mass is 9.88. The zero-order valence-corrected chi connectivity index (χ0v) is 20.1. The molecule has 1 atom stereocenters. The van der Waals surface area contributed by atoms with Gasteiger partial charge in [-0.3, -0.25) is 4.79 Å². The second-order valence-corrected chi connectivity index (χ2v) is 9.17. The number of aliphatic imine (C=N–C) groups is 1. The zero-order chi connectivity index (χ0) is 23.4. The van der Waals surface area contributed by atoms with Crippen LogP contribution in [0.4, 0.5) is 10.7 Å². The summed E-state index contributed by atoms with van der Waals surface area (Å²) in [5.74, 6) is 2.43. The van der Waals surface area contributed by atoms with Gasteiger partial charge in [-0.1, -0.05) is 6.92 Å². The Bertz CT molecular complexity index is 1170. The summed E-state index contributed by atoms with van der Waals surface area (Å²) >= 11 is 1.61. The summed E-state index contributed by atoms with van der Waals surface area (Å²) in [7, 11) is 4.81. The number of anilines is 1. The number of thiophene rings is 1. The van der Waals surface area contributed by atoms with Crippen LogP contribution in [0.3, 0.4) is 0 Å². The number of carbonyl (C=O) groups is 1. The van der Waals surface area contributed by atoms with Gasteiger partial charge in [-0.25, -0.2) is 4.99 Å². The fourth-order valence-corrected chi connectivity index (χ4v) is 5.33. The van der Waals surface area contributed by atoms with Crippen molar-refractivity contribution in [3.8, 4) is 17.2 Å². The molecule has 0 radical (unpaired) electrons. The average Bonchev–Trinajstić information content (AvgIpc) is 3.20. The fourth-order valence-electron chi connectivity index (χ4n) is 3.98. The van der Waals surface area contributed by atoms with Gasteiger partial charge in [-0.15, -0.1) is 11.3 Å². The fraction of sp³-hybridized carbons (Fsp3) is 0.308. The molecule has 0 spiro atoms. The number of amides is 1. The molecule has 1 heterocycles. The molecule has 0 bridgehead atoms. The van der Waals surface area contributed by atoms with Crippen LogP contribution in [-0.4, -0.2) is 33.5 Å². The van der Waals surface area contributed by atoms with E-state index in [2.05, 4.69) is 12.2 Å². The van der Waals surface area contributed by atoms with E-state index in [0.717, 1.165) is 41.1 Å². The molecule has 4 rings (SSSR count). The third kappa shape index (κ3) is 5.03. The van der Waals surface area contributed by atoms with Crippen LogP contribution in [0.2, 0.25) is 0 Å². The number of rotatable bonds is 7. The Balaban J connectivity index is 1.69. The van der Waals surface area contributed by atoms with Gasteiger partial charge in [0.25, 0.3) is 5.91 Å². The Kier molecular flexibility index (Phi) is 6.99. The number of hydrogen-bond acceptors (Lipinski definition) is 6. The molecule has 0 aliphatic heterocycles. The second-order valence-electron chi connectivity index (χ2n) is 8.08. The van der Waals surface area contributed by atoms with Crippen molar-refractivity contribution in [3.05, 3.63) is 64.0 Å². The van der Waals surface area contributed by atoms with Crippen molar-refractivity contribution >= 4 is 34.1 Å². The summed E-state index contributed by atoms with van der Waals surface area (Å²) in [5.41, 5.74) is 3.27. The van der Waals surface area contributed by atoms with Crippen LogP contribution in [0.1, 0.15) is 39.7 Å². The SMILES string of the molecule is COc1ccc(/C=N/c2sc3c(c2C(=O)Nc2cc(OC)ccc2OC)CCC(C)C3)cc1.